The molecule has 150 valence electrons. The number of allylic oxidation sites excluding steroid dienone is 1. The van der Waals surface area contributed by atoms with Crippen LogP contribution in [0.1, 0.15) is 37.4 Å². The van der Waals surface area contributed by atoms with Crippen molar-refractivity contribution >= 4 is 33.6 Å². The zero-order valence-electron chi connectivity index (χ0n) is 16.6. The molecule has 0 fully saturated rings. The smallest absolute Gasteiger partial charge is 0.231 e. The zero-order chi connectivity index (χ0) is 21.3. The summed E-state index contributed by atoms with van der Waals surface area (Å²) in [6.07, 6.45) is 1.76. The maximum Gasteiger partial charge on any atom is 0.231 e. The monoisotopic (exact) mass is 462 g/mol. The van der Waals surface area contributed by atoms with E-state index in [9.17, 15) is 9.59 Å². The molecule has 0 saturated heterocycles. The number of benzene rings is 3. The van der Waals surface area contributed by atoms with Crippen molar-refractivity contribution in [3.05, 3.63) is 98.7 Å². The van der Waals surface area contributed by atoms with Gasteiger partial charge in [0.05, 0.1) is 5.56 Å². The van der Waals surface area contributed by atoms with E-state index in [1.165, 1.54) is 0 Å². The van der Waals surface area contributed by atoms with Gasteiger partial charge in [-0.05, 0) is 55.3 Å². The Morgan fingerprint density at radius 2 is 1.77 bits per heavy atom. The van der Waals surface area contributed by atoms with Crippen molar-refractivity contribution in [2.45, 2.75) is 13.8 Å². The van der Waals surface area contributed by atoms with E-state index in [0.29, 0.717) is 28.2 Å². The van der Waals surface area contributed by atoms with Crippen LogP contribution >= 0.6 is 15.9 Å². The molecule has 4 rings (SSSR count). The summed E-state index contributed by atoms with van der Waals surface area (Å²) in [6, 6.07) is 18.3. The van der Waals surface area contributed by atoms with Gasteiger partial charge in [0, 0.05) is 15.6 Å². The lowest BCUT2D eigenvalue weighted by atomic mass is 10.0. The van der Waals surface area contributed by atoms with Gasteiger partial charge in [-0.25, -0.2) is 0 Å². The molecule has 0 aliphatic carbocycles. The second kappa shape index (κ2) is 8.28. The lowest BCUT2D eigenvalue weighted by molar-refractivity contribution is 0.0920. The summed E-state index contributed by atoms with van der Waals surface area (Å²) in [6.45, 7) is 3.71. The Balaban J connectivity index is 1.54. The summed E-state index contributed by atoms with van der Waals surface area (Å²) >= 11 is 3.35. The van der Waals surface area contributed by atoms with Gasteiger partial charge in [-0.15, -0.1) is 0 Å². The minimum Gasteiger partial charge on any atom is -0.485 e. The fourth-order valence-electron chi connectivity index (χ4n) is 3.28. The van der Waals surface area contributed by atoms with Gasteiger partial charge in [-0.3, -0.25) is 9.59 Å². The predicted octanol–water partition coefficient (Wildman–Crippen LogP) is 5.94. The van der Waals surface area contributed by atoms with Gasteiger partial charge in [0.15, 0.2) is 18.1 Å². The molecule has 1 heterocycles. The molecule has 3 aromatic rings. The average molecular weight is 463 g/mol. The molecule has 1 aliphatic heterocycles. The predicted molar refractivity (Wildman–Crippen MR) is 119 cm³/mol. The molecule has 0 unspecified atom stereocenters. The first-order valence-electron chi connectivity index (χ1n) is 9.49. The van der Waals surface area contributed by atoms with Gasteiger partial charge in [-0.1, -0.05) is 52.3 Å². The van der Waals surface area contributed by atoms with Crippen LogP contribution in [0.4, 0.5) is 0 Å². The highest BCUT2D eigenvalue weighted by atomic mass is 79.9. The van der Waals surface area contributed by atoms with Crippen molar-refractivity contribution in [2.75, 3.05) is 6.61 Å². The fourth-order valence-corrected chi connectivity index (χ4v) is 3.54. The Hall–Kier alpha value is -3.18. The number of rotatable bonds is 5. The SMILES string of the molecule is Cc1ccccc1/C=C1\Oc2c(ccc(OCC(=O)c3ccc(Br)cc3)c2C)C1=O. The van der Waals surface area contributed by atoms with Crippen LogP contribution in [0.5, 0.6) is 11.5 Å². The molecule has 0 radical (unpaired) electrons. The number of aryl methyl sites for hydroxylation is 1. The van der Waals surface area contributed by atoms with Gasteiger partial charge in [0.1, 0.15) is 11.5 Å². The largest absolute Gasteiger partial charge is 0.485 e. The highest BCUT2D eigenvalue weighted by Crippen LogP contribution is 2.39. The highest BCUT2D eigenvalue weighted by Gasteiger charge is 2.30. The van der Waals surface area contributed by atoms with Crippen LogP contribution in [0.25, 0.3) is 6.08 Å². The van der Waals surface area contributed by atoms with Crippen LogP contribution in [-0.4, -0.2) is 18.2 Å². The molecule has 30 heavy (non-hydrogen) atoms. The molecule has 5 heteroatoms. The van der Waals surface area contributed by atoms with E-state index < -0.39 is 0 Å². The molecule has 0 bridgehead atoms. The number of ether oxygens (including phenoxy) is 2. The second-order valence-electron chi connectivity index (χ2n) is 7.08. The molecule has 0 spiro atoms. The third kappa shape index (κ3) is 3.94. The van der Waals surface area contributed by atoms with Crippen LogP contribution in [0.15, 0.2) is 70.9 Å². The summed E-state index contributed by atoms with van der Waals surface area (Å²) in [5, 5.41) is 0. The third-order valence-electron chi connectivity index (χ3n) is 5.04. The zero-order valence-corrected chi connectivity index (χ0v) is 18.2. The van der Waals surface area contributed by atoms with Crippen molar-refractivity contribution in [3.8, 4) is 11.5 Å². The number of ketones is 2. The lowest BCUT2D eigenvalue weighted by Gasteiger charge is -2.11. The molecule has 0 amide bonds. The van der Waals surface area contributed by atoms with Crippen molar-refractivity contribution in [1.29, 1.82) is 0 Å². The summed E-state index contributed by atoms with van der Waals surface area (Å²) in [5.74, 6) is 0.997. The van der Waals surface area contributed by atoms with Crippen LogP contribution in [0.3, 0.4) is 0 Å². The molecular formula is C25H19BrO4. The van der Waals surface area contributed by atoms with Crippen molar-refractivity contribution in [1.82, 2.24) is 0 Å². The minimum absolute atomic E-state index is 0.0961. The molecule has 4 nitrogen and oxygen atoms in total. The van der Waals surface area contributed by atoms with Crippen LogP contribution < -0.4 is 9.47 Å². The van der Waals surface area contributed by atoms with Gasteiger partial charge in [-0.2, -0.15) is 0 Å². The number of fused-ring (bicyclic) bond motifs is 1. The summed E-state index contributed by atoms with van der Waals surface area (Å²) in [4.78, 5) is 25.1. The molecule has 0 aromatic heterocycles. The first-order valence-corrected chi connectivity index (χ1v) is 10.3. The second-order valence-corrected chi connectivity index (χ2v) is 8.00. The maximum atomic E-state index is 12.8. The number of carbonyl (C=O) groups excluding carboxylic acids is 2. The van der Waals surface area contributed by atoms with Crippen molar-refractivity contribution < 1.29 is 19.1 Å². The lowest BCUT2D eigenvalue weighted by Crippen LogP contribution is -2.12. The first kappa shape index (κ1) is 20.1. The summed E-state index contributed by atoms with van der Waals surface area (Å²) in [5.41, 5.74) is 3.76. The van der Waals surface area contributed by atoms with Gasteiger partial charge >= 0.3 is 0 Å². The number of halogens is 1. The molecule has 1 aliphatic rings. The van der Waals surface area contributed by atoms with E-state index >= 15 is 0 Å². The van der Waals surface area contributed by atoms with E-state index in [1.54, 1.807) is 30.3 Å². The first-order chi connectivity index (χ1) is 14.4. The van der Waals surface area contributed by atoms with Crippen molar-refractivity contribution in [2.24, 2.45) is 0 Å². The van der Waals surface area contributed by atoms with Gasteiger partial charge in [0.2, 0.25) is 5.78 Å². The minimum atomic E-state index is -0.158. The van der Waals surface area contributed by atoms with E-state index in [-0.39, 0.29) is 23.9 Å². The summed E-state index contributed by atoms with van der Waals surface area (Å²) < 4.78 is 12.5. The number of Topliss-reactive ketones (excluding diaryl/α,β-unsaturated/α-hetero) is 2. The standard InChI is InChI=1S/C25H19BrO4/c1-15-5-3-4-6-18(15)13-23-24(28)20-11-12-22(16(2)25(20)30-23)29-14-21(27)17-7-9-19(26)10-8-17/h3-13H,14H2,1-2H3/b23-13-. The molecule has 0 atom stereocenters. The normalized spacial score (nSPS) is 13.8. The Morgan fingerprint density at radius 3 is 2.50 bits per heavy atom. The van der Waals surface area contributed by atoms with Crippen molar-refractivity contribution in [3.63, 3.8) is 0 Å². The summed E-state index contributed by atoms with van der Waals surface area (Å²) in [7, 11) is 0. The van der Waals surface area contributed by atoms with E-state index in [0.717, 1.165) is 15.6 Å². The quantitative estimate of drug-likeness (QED) is 0.347. The number of hydrogen-bond acceptors (Lipinski definition) is 4. The Kier molecular flexibility index (Phi) is 5.55. The number of carbonyl (C=O) groups is 2. The van der Waals surface area contributed by atoms with E-state index in [2.05, 4.69) is 15.9 Å². The van der Waals surface area contributed by atoms with Gasteiger partial charge in [0.25, 0.3) is 0 Å². The molecule has 0 saturated carbocycles. The van der Waals surface area contributed by atoms with Crippen LogP contribution in [0, 0.1) is 13.8 Å². The van der Waals surface area contributed by atoms with Crippen LogP contribution in [0.2, 0.25) is 0 Å². The fraction of sp³-hybridized carbons (Fsp3) is 0.120. The average Bonchev–Trinajstić information content (AvgIpc) is 3.06. The molecule has 3 aromatic carbocycles. The highest BCUT2D eigenvalue weighted by molar-refractivity contribution is 9.10. The van der Waals surface area contributed by atoms with E-state index in [4.69, 9.17) is 9.47 Å². The Labute approximate surface area is 183 Å². The van der Waals surface area contributed by atoms with Gasteiger partial charge < -0.3 is 9.47 Å². The molecular weight excluding hydrogens is 444 g/mol. The van der Waals surface area contributed by atoms with Crippen LogP contribution in [-0.2, 0) is 0 Å². The maximum absolute atomic E-state index is 12.8. The van der Waals surface area contributed by atoms with E-state index in [1.807, 2.05) is 50.2 Å². The third-order valence-corrected chi connectivity index (χ3v) is 5.57. The number of hydrogen-bond donors (Lipinski definition) is 0. The molecule has 0 N–H and O–H groups in total. The Morgan fingerprint density at radius 1 is 1.03 bits per heavy atom. The topological polar surface area (TPSA) is 52.6 Å². The Bertz CT molecular complexity index is 1180.